The van der Waals surface area contributed by atoms with Crippen molar-refractivity contribution >= 4 is 0 Å². The normalized spacial score (nSPS) is 49.5. The summed E-state index contributed by atoms with van der Waals surface area (Å²) in [5.74, 6) is 5.09. The molecule has 5 heteroatoms. The molecular formula is C39H60N4O. The molecule has 5 nitrogen and oxygen atoms in total. The first-order chi connectivity index (χ1) is 21.8. The second-order valence-electron chi connectivity index (χ2n) is 16.9. The molecule has 5 saturated carbocycles. The van der Waals surface area contributed by atoms with E-state index in [1.807, 2.05) is 0 Å². The van der Waals surface area contributed by atoms with E-state index in [4.69, 9.17) is 4.74 Å². The second kappa shape index (κ2) is 12.6. The first-order valence-corrected chi connectivity index (χ1v) is 19.5. The second-order valence-corrected chi connectivity index (χ2v) is 16.9. The SMILES string of the molecule is c1ccc(C2NC3NC(N2)C2CCCC(C2)C2CCC4OC5CCCCC5N(C5CCCC(C5)C5CCCC3C5)C4C2)cc1. The molecular weight excluding hydrogens is 540 g/mol. The van der Waals surface area contributed by atoms with Gasteiger partial charge in [0, 0.05) is 18.1 Å². The van der Waals surface area contributed by atoms with Crippen LogP contribution in [0.3, 0.4) is 0 Å². The fourth-order valence-corrected chi connectivity index (χ4v) is 12.6. The van der Waals surface area contributed by atoms with Gasteiger partial charge >= 0.3 is 0 Å². The minimum Gasteiger partial charge on any atom is -0.372 e. The lowest BCUT2D eigenvalue weighted by Crippen LogP contribution is -2.68. The maximum Gasteiger partial charge on any atom is 0.0859 e. The molecule has 3 aliphatic heterocycles. The molecule has 14 unspecified atom stereocenters. The maximum absolute atomic E-state index is 7.10. The Bertz CT molecular complexity index is 1110. The van der Waals surface area contributed by atoms with Crippen molar-refractivity contribution in [3.8, 4) is 0 Å². The topological polar surface area (TPSA) is 48.6 Å². The van der Waals surface area contributed by atoms with E-state index in [1.165, 1.54) is 128 Å². The van der Waals surface area contributed by atoms with Crippen LogP contribution in [0.1, 0.15) is 134 Å². The van der Waals surface area contributed by atoms with Crippen LogP contribution in [0.4, 0.5) is 0 Å². The van der Waals surface area contributed by atoms with E-state index >= 15 is 0 Å². The summed E-state index contributed by atoms with van der Waals surface area (Å²) in [6.45, 7) is 0. The van der Waals surface area contributed by atoms with E-state index in [-0.39, 0.29) is 6.17 Å². The van der Waals surface area contributed by atoms with Gasteiger partial charge in [-0.1, -0.05) is 81.7 Å². The first kappa shape index (κ1) is 29.2. The molecule has 0 amide bonds. The monoisotopic (exact) mass is 600 g/mol. The minimum absolute atomic E-state index is 0.248. The standard InChI is InChI=1S/C39H60N4O/c1-2-9-25(10-3-1)37-40-38-30-14-6-11-26(21-30)28-13-8-16-32(23-28)43-33-17-4-5-18-35(33)44-36-20-19-29(24-34(36)43)27-12-7-15-31(22-27)39(41-37)42-38/h1-3,9-10,26-42H,4-8,11-24H2. The molecule has 242 valence electrons. The van der Waals surface area contributed by atoms with Gasteiger partial charge in [0.15, 0.2) is 0 Å². The van der Waals surface area contributed by atoms with Gasteiger partial charge in [-0.3, -0.25) is 20.9 Å². The molecule has 0 aromatic heterocycles. The highest BCUT2D eigenvalue weighted by Crippen LogP contribution is 2.50. The van der Waals surface area contributed by atoms with E-state index in [1.54, 1.807) is 0 Å². The number of fused-ring (bicyclic) bond motifs is 16. The Kier molecular flexibility index (Phi) is 8.33. The Balaban J connectivity index is 1.06. The largest absolute Gasteiger partial charge is 0.372 e. The van der Waals surface area contributed by atoms with Gasteiger partial charge in [0.25, 0.3) is 0 Å². The lowest BCUT2D eigenvalue weighted by atomic mass is 9.65. The van der Waals surface area contributed by atoms with Crippen LogP contribution in [-0.2, 0) is 4.74 Å². The number of rotatable bonds is 1. The van der Waals surface area contributed by atoms with Crippen molar-refractivity contribution in [3.63, 3.8) is 0 Å². The molecule has 0 spiro atoms. The van der Waals surface area contributed by atoms with Crippen LogP contribution in [0, 0.1) is 35.5 Å². The number of benzene rings is 1. The van der Waals surface area contributed by atoms with Crippen molar-refractivity contribution in [2.45, 2.75) is 171 Å². The molecule has 5 aliphatic carbocycles. The molecule has 9 rings (SSSR count). The molecule has 1 aromatic carbocycles. The number of ether oxygens (including phenoxy) is 1. The van der Waals surface area contributed by atoms with E-state index in [0.717, 1.165) is 41.5 Å². The summed E-state index contributed by atoms with van der Waals surface area (Å²) < 4.78 is 7.10. The predicted octanol–water partition coefficient (Wildman–Crippen LogP) is 7.49. The van der Waals surface area contributed by atoms with E-state index < -0.39 is 0 Å². The van der Waals surface area contributed by atoms with Crippen molar-refractivity contribution in [3.05, 3.63) is 35.9 Å². The number of morpholine rings is 1. The van der Waals surface area contributed by atoms with Crippen LogP contribution in [0.15, 0.2) is 30.3 Å². The van der Waals surface area contributed by atoms with Crippen molar-refractivity contribution in [1.29, 1.82) is 0 Å². The third-order valence-corrected chi connectivity index (χ3v) is 14.7. The molecule has 44 heavy (non-hydrogen) atoms. The molecule has 3 heterocycles. The van der Waals surface area contributed by atoms with Gasteiger partial charge < -0.3 is 4.74 Å². The molecule has 8 aliphatic rings. The van der Waals surface area contributed by atoms with Gasteiger partial charge in [-0.15, -0.1) is 0 Å². The number of nitrogens with one attached hydrogen (secondary N) is 3. The van der Waals surface area contributed by atoms with Crippen LogP contribution >= 0.6 is 0 Å². The van der Waals surface area contributed by atoms with Crippen LogP contribution in [0.25, 0.3) is 0 Å². The van der Waals surface area contributed by atoms with Gasteiger partial charge in [0.05, 0.1) is 30.7 Å². The van der Waals surface area contributed by atoms with E-state index in [9.17, 15) is 0 Å². The lowest BCUT2D eigenvalue weighted by Gasteiger charge is -2.59. The van der Waals surface area contributed by atoms with Gasteiger partial charge in [-0.2, -0.15) is 0 Å². The summed E-state index contributed by atoms with van der Waals surface area (Å²) in [5.41, 5.74) is 1.41. The highest BCUT2D eigenvalue weighted by atomic mass is 16.5. The Hall–Kier alpha value is -0.980. The predicted molar refractivity (Wildman–Crippen MR) is 177 cm³/mol. The summed E-state index contributed by atoms with van der Waals surface area (Å²) >= 11 is 0. The molecule has 8 fully saturated rings. The zero-order valence-corrected chi connectivity index (χ0v) is 27.3. The smallest absolute Gasteiger partial charge is 0.0859 e. The Labute approximate surface area is 267 Å². The average molecular weight is 601 g/mol. The zero-order valence-electron chi connectivity index (χ0n) is 27.3. The summed E-state index contributed by atoms with van der Waals surface area (Å²) in [5, 5.41) is 12.5. The summed E-state index contributed by atoms with van der Waals surface area (Å²) in [6.07, 6.45) is 29.0. The first-order valence-electron chi connectivity index (χ1n) is 19.5. The third-order valence-electron chi connectivity index (χ3n) is 14.7. The quantitative estimate of drug-likeness (QED) is 0.312. The van der Waals surface area contributed by atoms with Crippen molar-refractivity contribution in [2.24, 2.45) is 35.5 Å². The number of hydrogen-bond acceptors (Lipinski definition) is 5. The minimum atomic E-state index is 0.248. The van der Waals surface area contributed by atoms with Gasteiger partial charge in [0.2, 0.25) is 0 Å². The molecule has 1 aromatic rings. The lowest BCUT2D eigenvalue weighted by molar-refractivity contribution is -0.199. The third kappa shape index (κ3) is 5.53. The highest BCUT2D eigenvalue weighted by molar-refractivity contribution is 5.19. The Morgan fingerprint density at radius 3 is 1.86 bits per heavy atom. The van der Waals surface area contributed by atoms with Crippen LogP contribution in [-0.4, -0.2) is 47.6 Å². The molecule has 10 bridgehead atoms. The van der Waals surface area contributed by atoms with Gasteiger partial charge in [-0.05, 0) is 112 Å². The van der Waals surface area contributed by atoms with Crippen molar-refractivity contribution in [2.75, 3.05) is 0 Å². The molecule has 0 radical (unpaired) electrons. The summed E-state index contributed by atoms with van der Waals surface area (Å²) in [6, 6.07) is 13.5. The van der Waals surface area contributed by atoms with Crippen LogP contribution in [0.2, 0.25) is 0 Å². The van der Waals surface area contributed by atoms with Crippen LogP contribution in [0.5, 0.6) is 0 Å². The summed E-state index contributed by atoms with van der Waals surface area (Å²) in [4.78, 5) is 3.23. The Morgan fingerprint density at radius 1 is 0.500 bits per heavy atom. The fourth-order valence-electron chi connectivity index (χ4n) is 12.6. The molecule has 3 saturated heterocycles. The molecule has 3 N–H and O–H groups in total. The van der Waals surface area contributed by atoms with Gasteiger partial charge in [0.1, 0.15) is 0 Å². The van der Waals surface area contributed by atoms with Gasteiger partial charge in [-0.25, -0.2) is 0 Å². The fraction of sp³-hybridized carbons (Fsp3) is 0.846. The van der Waals surface area contributed by atoms with Crippen LogP contribution < -0.4 is 16.0 Å². The summed E-state index contributed by atoms with van der Waals surface area (Å²) in [7, 11) is 0. The Morgan fingerprint density at radius 2 is 1.11 bits per heavy atom. The molecule has 14 atom stereocenters. The van der Waals surface area contributed by atoms with E-state index in [2.05, 4.69) is 51.2 Å². The zero-order chi connectivity index (χ0) is 29.0. The van der Waals surface area contributed by atoms with Crippen molar-refractivity contribution < 1.29 is 4.74 Å². The van der Waals surface area contributed by atoms with Crippen molar-refractivity contribution in [1.82, 2.24) is 20.9 Å². The maximum atomic E-state index is 7.10. The highest BCUT2D eigenvalue weighted by Gasteiger charge is 2.51. The number of hydrogen-bond donors (Lipinski definition) is 3. The van der Waals surface area contributed by atoms with E-state index in [0.29, 0.717) is 36.6 Å². The number of nitrogens with zero attached hydrogens (tertiary/aromatic N) is 1. The average Bonchev–Trinajstić information content (AvgIpc) is 3.10.